The smallest absolute Gasteiger partial charge is 0.276 e. The second-order valence-corrected chi connectivity index (χ2v) is 6.73. The Morgan fingerprint density at radius 3 is 2.34 bits per heavy atom. The molecule has 5 nitrogen and oxygen atoms in total. The maximum atomic E-state index is 13.2. The summed E-state index contributed by atoms with van der Waals surface area (Å²) in [7, 11) is 0. The van der Waals surface area contributed by atoms with Crippen molar-refractivity contribution in [3.8, 4) is 11.3 Å². The van der Waals surface area contributed by atoms with Crippen LogP contribution in [0, 0.1) is 0 Å². The van der Waals surface area contributed by atoms with E-state index in [1.807, 2.05) is 66.7 Å². The van der Waals surface area contributed by atoms with Crippen LogP contribution < -0.4 is 0 Å². The number of amides is 1. The Balaban J connectivity index is 1.54. The first-order chi connectivity index (χ1) is 14.3. The highest BCUT2D eigenvalue weighted by molar-refractivity contribution is 5.93. The topological polar surface area (TPSA) is 59.2 Å². The summed E-state index contributed by atoms with van der Waals surface area (Å²) < 4.78 is 5.42. The number of aromatic nitrogens is 2. The molecule has 2 aromatic heterocycles. The van der Waals surface area contributed by atoms with E-state index in [0.717, 1.165) is 17.7 Å². The highest BCUT2D eigenvalue weighted by atomic mass is 16.5. The van der Waals surface area contributed by atoms with Gasteiger partial charge in [-0.1, -0.05) is 71.9 Å². The van der Waals surface area contributed by atoms with Gasteiger partial charge >= 0.3 is 0 Å². The second-order valence-electron chi connectivity index (χ2n) is 6.73. The van der Waals surface area contributed by atoms with Crippen LogP contribution in [0.3, 0.4) is 0 Å². The lowest BCUT2D eigenvalue weighted by molar-refractivity contribution is 0.0732. The summed E-state index contributed by atoms with van der Waals surface area (Å²) in [4.78, 5) is 19.3. The summed E-state index contributed by atoms with van der Waals surface area (Å²) in [6.45, 7) is 0.979. The van der Waals surface area contributed by atoms with Gasteiger partial charge in [0, 0.05) is 24.4 Å². The number of rotatable bonds is 7. The first kappa shape index (κ1) is 18.6. The second kappa shape index (κ2) is 8.97. The van der Waals surface area contributed by atoms with E-state index in [0.29, 0.717) is 24.5 Å². The first-order valence-corrected chi connectivity index (χ1v) is 9.55. The van der Waals surface area contributed by atoms with Gasteiger partial charge in [0.25, 0.3) is 5.91 Å². The Morgan fingerprint density at radius 2 is 1.62 bits per heavy atom. The largest absolute Gasteiger partial charge is 0.355 e. The van der Waals surface area contributed by atoms with Crippen molar-refractivity contribution in [2.75, 3.05) is 6.54 Å². The average molecular weight is 383 g/mol. The van der Waals surface area contributed by atoms with E-state index in [2.05, 4.69) is 22.3 Å². The van der Waals surface area contributed by atoms with Gasteiger partial charge in [-0.15, -0.1) is 0 Å². The molecule has 4 aromatic rings. The molecular formula is C24H21N3O2. The molecule has 0 aliphatic rings. The number of hydrogen-bond acceptors (Lipinski definition) is 4. The molecule has 0 spiro atoms. The van der Waals surface area contributed by atoms with Crippen LogP contribution in [-0.2, 0) is 13.0 Å². The van der Waals surface area contributed by atoms with Crippen molar-refractivity contribution in [1.82, 2.24) is 15.0 Å². The van der Waals surface area contributed by atoms with Crippen molar-refractivity contribution in [3.63, 3.8) is 0 Å². The van der Waals surface area contributed by atoms with Gasteiger partial charge in [-0.05, 0) is 24.1 Å². The Labute approximate surface area is 169 Å². The third-order valence-corrected chi connectivity index (χ3v) is 4.67. The predicted octanol–water partition coefficient (Wildman–Crippen LogP) is 4.62. The molecule has 0 unspecified atom stereocenters. The average Bonchev–Trinajstić information content (AvgIpc) is 3.28. The van der Waals surface area contributed by atoms with Crippen LogP contribution in [0.1, 0.15) is 21.7 Å². The zero-order valence-corrected chi connectivity index (χ0v) is 15.9. The summed E-state index contributed by atoms with van der Waals surface area (Å²) >= 11 is 0. The van der Waals surface area contributed by atoms with Gasteiger partial charge in [-0.25, -0.2) is 0 Å². The molecule has 0 atom stereocenters. The zero-order valence-electron chi connectivity index (χ0n) is 15.9. The lowest BCUT2D eigenvalue weighted by Gasteiger charge is -2.21. The summed E-state index contributed by atoms with van der Waals surface area (Å²) in [5.74, 6) is 0.410. The molecule has 0 fully saturated rings. The summed E-state index contributed by atoms with van der Waals surface area (Å²) in [5, 5.41) is 4.02. The Kier molecular flexibility index (Phi) is 5.76. The molecule has 0 radical (unpaired) electrons. The Hall–Kier alpha value is -3.73. The summed E-state index contributed by atoms with van der Waals surface area (Å²) in [6, 6.07) is 27.2. The number of carbonyl (C=O) groups excluding carboxylic acids is 1. The van der Waals surface area contributed by atoms with Crippen LogP contribution in [0.4, 0.5) is 0 Å². The molecule has 4 rings (SSSR count). The molecule has 0 aliphatic heterocycles. The van der Waals surface area contributed by atoms with Crippen LogP contribution in [0.5, 0.6) is 0 Å². The quantitative estimate of drug-likeness (QED) is 0.467. The fourth-order valence-electron chi connectivity index (χ4n) is 3.12. The highest BCUT2D eigenvalue weighted by Crippen LogP contribution is 2.21. The van der Waals surface area contributed by atoms with Crippen molar-refractivity contribution in [2.45, 2.75) is 13.0 Å². The van der Waals surface area contributed by atoms with Gasteiger partial charge in [-0.3, -0.25) is 9.78 Å². The van der Waals surface area contributed by atoms with Gasteiger partial charge in [0.1, 0.15) is 0 Å². The van der Waals surface area contributed by atoms with Crippen LogP contribution in [0.2, 0.25) is 0 Å². The summed E-state index contributed by atoms with van der Waals surface area (Å²) in [6.07, 6.45) is 2.49. The fraction of sp³-hybridized carbons (Fsp3) is 0.125. The molecule has 0 saturated carbocycles. The first-order valence-electron chi connectivity index (χ1n) is 9.55. The van der Waals surface area contributed by atoms with Crippen molar-refractivity contribution in [3.05, 3.63) is 108 Å². The Morgan fingerprint density at radius 1 is 0.897 bits per heavy atom. The molecule has 0 bridgehead atoms. The highest BCUT2D eigenvalue weighted by Gasteiger charge is 2.21. The minimum atomic E-state index is -0.169. The minimum Gasteiger partial charge on any atom is -0.355 e. The van der Waals surface area contributed by atoms with E-state index in [9.17, 15) is 4.79 Å². The molecule has 0 saturated heterocycles. The minimum absolute atomic E-state index is 0.169. The monoisotopic (exact) mass is 383 g/mol. The van der Waals surface area contributed by atoms with E-state index >= 15 is 0 Å². The summed E-state index contributed by atoms with van der Waals surface area (Å²) in [5.41, 5.74) is 3.20. The Bertz CT molecular complexity index is 1050. The van der Waals surface area contributed by atoms with Crippen molar-refractivity contribution in [1.29, 1.82) is 0 Å². The van der Waals surface area contributed by atoms with Crippen molar-refractivity contribution in [2.24, 2.45) is 0 Å². The molecular weight excluding hydrogens is 362 g/mol. The van der Waals surface area contributed by atoms with E-state index in [-0.39, 0.29) is 5.91 Å². The van der Waals surface area contributed by atoms with Gasteiger partial charge in [0.05, 0.1) is 12.2 Å². The van der Waals surface area contributed by atoms with Gasteiger partial charge in [0.2, 0.25) is 0 Å². The van der Waals surface area contributed by atoms with Crippen LogP contribution in [0.15, 0.2) is 95.6 Å². The maximum Gasteiger partial charge on any atom is 0.276 e. The van der Waals surface area contributed by atoms with Gasteiger partial charge < -0.3 is 9.42 Å². The van der Waals surface area contributed by atoms with E-state index in [1.54, 1.807) is 17.2 Å². The lowest BCUT2D eigenvalue weighted by atomic mass is 10.1. The lowest BCUT2D eigenvalue weighted by Crippen LogP contribution is -2.33. The van der Waals surface area contributed by atoms with E-state index in [4.69, 9.17) is 4.52 Å². The molecule has 2 aromatic carbocycles. The van der Waals surface area contributed by atoms with Gasteiger partial charge in [-0.2, -0.15) is 0 Å². The number of hydrogen-bond donors (Lipinski definition) is 0. The third-order valence-electron chi connectivity index (χ3n) is 4.67. The number of carbonyl (C=O) groups is 1. The number of benzene rings is 2. The molecule has 1 amide bonds. The normalized spacial score (nSPS) is 10.6. The van der Waals surface area contributed by atoms with E-state index in [1.165, 1.54) is 5.56 Å². The number of pyridine rings is 1. The van der Waals surface area contributed by atoms with Gasteiger partial charge in [0.15, 0.2) is 11.5 Å². The molecule has 5 heteroatoms. The van der Waals surface area contributed by atoms with Crippen molar-refractivity contribution < 1.29 is 9.32 Å². The molecule has 2 heterocycles. The van der Waals surface area contributed by atoms with Crippen molar-refractivity contribution >= 4 is 5.91 Å². The predicted molar refractivity (Wildman–Crippen MR) is 111 cm³/mol. The molecule has 0 N–H and O–H groups in total. The fourth-order valence-corrected chi connectivity index (χ4v) is 3.12. The third kappa shape index (κ3) is 4.76. The number of nitrogens with zero attached hydrogens (tertiary/aromatic N) is 3. The molecule has 144 valence electrons. The standard InChI is InChI=1S/C24H21N3O2/c28-24(22-17-23(29-26-22)20-11-5-2-6-12-20)27(18-21-13-7-8-15-25-21)16-14-19-9-3-1-4-10-19/h1-13,15,17H,14,16,18H2. The van der Waals surface area contributed by atoms with Crippen LogP contribution >= 0.6 is 0 Å². The zero-order chi connectivity index (χ0) is 19.9. The molecule has 29 heavy (non-hydrogen) atoms. The maximum absolute atomic E-state index is 13.2. The van der Waals surface area contributed by atoms with E-state index < -0.39 is 0 Å². The van der Waals surface area contributed by atoms with Crippen LogP contribution in [0.25, 0.3) is 11.3 Å². The SMILES string of the molecule is O=C(c1cc(-c2ccccc2)on1)N(CCc1ccccc1)Cc1ccccn1. The molecule has 0 aliphatic carbocycles. The van der Waals surface area contributed by atoms with Crippen LogP contribution in [-0.4, -0.2) is 27.5 Å².